The Hall–Kier alpha value is -1.43. The van der Waals surface area contributed by atoms with E-state index < -0.39 is 36.0 Å². The molecule has 2 heterocycles. The summed E-state index contributed by atoms with van der Waals surface area (Å²) in [5, 5.41) is 9.18. The van der Waals surface area contributed by atoms with Crippen molar-refractivity contribution in [2.45, 2.75) is 43.9 Å². The second-order valence-electron chi connectivity index (χ2n) is 4.86. The number of morpholine rings is 1. The van der Waals surface area contributed by atoms with Crippen molar-refractivity contribution in [3.63, 3.8) is 0 Å². The van der Waals surface area contributed by atoms with Crippen molar-refractivity contribution in [2.75, 3.05) is 0 Å². The van der Waals surface area contributed by atoms with E-state index in [-0.39, 0.29) is 5.92 Å². The molecule has 2 aliphatic heterocycles. The second-order valence-corrected chi connectivity index (χ2v) is 4.86. The monoisotopic (exact) mass is 239 g/mol. The van der Waals surface area contributed by atoms with Crippen LogP contribution in [0.5, 0.6) is 0 Å². The van der Waals surface area contributed by atoms with Gasteiger partial charge in [-0.05, 0) is 31.6 Å². The van der Waals surface area contributed by atoms with Gasteiger partial charge in [0, 0.05) is 0 Å². The molecule has 2 bridgehead atoms. The Morgan fingerprint density at radius 3 is 2.12 bits per heavy atom. The Kier molecular flexibility index (Phi) is 2.22. The van der Waals surface area contributed by atoms with Gasteiger partial charge in [-0.15, -0.1) is 0 Å². The summed E-state index contributed by atoms with van der Waals surface area (Å²) in [6.45, 7) is 0. The van der Waals surface area contributed by atoms with E-state index in [1.165, 1.54) is 0 Å². The molecule has 3 unspecified atom stereocenters. The molecular formula is C11H13NO5. The predicted octanol–water partition coefficient (Wildman–Crippen LogP) is -0.234. The highest BCUT2D eigenvalue weighted by Gasteiger charge is 2.53. The Morgan fingerprint density at radius 2 is 1.71 bits per heavy atom. The topological polar surface area (TPSA) is 83.9 Å². The number of rotatable bonds is 3. The summed E-state index contributed by atoms with van der Waals surface area (Å²) >= 11 is 0. The molecule has 3 fully saturated rings. The van der Waals surface area contributed by atoms with Crippen molar-refractivity contribution < 1.29 is 24.2 Å². The van der Waals surface area contributed by atoms with Crippen molar-refractivity contribution >= 4 is 17.8 Å². The predicted molar refractivity (Wildman–Crippen MR) is 53.9 cm³/mol. The number of aliphatic carboxylic acids is 1. The minimum Gasteiger partial charge on any atom is -0.480 e. The zero-order valence-corrected chi connectivity index (χ0v) is 9.17. The van der Waals surface area contributed by atoms with E-state index in [4.69, 9.17) is 4.74 Å². The van der Waals surface area contributed by atoms with Gasteiger partial charge in [0.15, 0.2) is 0 Å². The first-order chi connectivity index (χ1) is 8.09. The molecule has 1 saturated carbocycles. The van der Waals surface area contributed by atoms with Gasteiger partial charge in [-0.2, -0.15) is 0 Å². The van der Waals surface area contributed by atoms with E-state index in [9.17, 15) is 19.5 Å². The Morgan fingerprint density at radius 1 is 1.18 bits per heavy atom. The van der Waals surface area contributed by atoms with E-state index in [0.29, 0.717) is 12.8 Å². The van der Waals surface area contributed by atoms with Gasteiger partial charge in [0.25, 0.3) is 11.8 Å². The molecule has 1 N–H and O–H groups in total. The zero-order chi connectivity index (χ0) is 12.2. The summed E-state index contributed by atoms with van der Waals surface area (Å²) < 4.78 is 5.25. The first-order valence-corrected chi connectivity index (χ1v) is 5.85. The minimum atomic E-state index is -1.09. The number of carbonyl (C=O) groups is 3. The molecule has 0 aromatic rings. The molecule has 0 radical (unpaired) electrons. The molecule has 0 aromatic heterocycles. The molecule has 3 aliphatic rings. The number of hydrogen-bond acceptors (Lipinski definition) is 4. The second kappa shape index (κ2) is 3.53. The molecule has 17 heavy (non-hydrogen) atoms. The van der Waals surface area contributed by atoms with Crippen LogP contribution in [0.4, 0.5) is 0 Å². The number of nitrogens with zero attached hydrogens (tertiary/aromatic N) is 1. The summed E-state index contributed by atoms with van der Waals surface area (Å²) in [7, 11) is 0. The third kappa shape index (κ3) is 1.55. The van der Waals surface area contributed by atoms with Gasteiger partial charge in [0.05, 0.1) is 0 Å². The van der Waals surface area contributed by atoms with Gasteiger partial charge in [0.2, 0.25) is 0 Å². The van der Waals surface area contributed by atoms with E-state index >= 15 is 0 Å². The Labute approximate surface area is 97.5 Å². The normalized spacial score (nSPS) is 34.0. The maximum atomic E-state index is 12.0. The fourth-order valence-electron chi connectivity index (χ4n) is 2.63. The van der Waals surface area contributed by atoms with Crippen LogP contribution in [0.25, 0.3) is 0 Å². The molecule has 6 nitrogen and oxygen atoms in total. The van der Waals surface area contributed by atoms with Crippen LogP contribution in [0, 0.1) is 5.92 Å². The quantitative estimate of drug-likeness (QED) is 0.687. The summed E-state index contributed by atoms with van der Waals surface area (Å²) in [4.78, 5) is 36.1. The van der Waals surface area contributed by atoms with Crippen LogP contribution in [0.15, 0.2) is 0 Å². The highest BCUT2D eigenvalue weighted by molar-refractivity contribution is 6.05. The lowest BCUT2D eigenvalue weighted by molar-refractivity contribution is -0.177. The molecule has 3 atom stereocenters. The number of carboxylic acids is 1. The Bertz CT molecular complexity index is 381. The number of carboxylic acid groups (broad SMARTS) is 1. The van der Waals surface area contributed by atoms with Crippen LogP contribution in [0.2, 0.25) is 0 Å². The molecule has 6 heteroatoms. The van der Waals surface area contributed by atoms with Crippen LogP contribution in [-0.4, -0.2) is 46.0 Å². The molecule has 0 aromatic carbocycles. The highest BCUT2D eigenvalue weighted by atomic mass is 16.5. The zero-order valence-electron chi connectivity index (χ0n) is 9.17. The SMILES string of the molecule is O=C(O)C(C1CC1)N1C(=O)C2CCC(O2)C1=O. The number of ether oxygens (including phenoxy) is 1. The van der Waals surface area contributed by atoms with Crippen molar-refractivity contribution in [2.24, 2.45) is 5.92 Å². The van der Waals surface area contributed by atoms with Gasteiger partial charge in [0.1, 0.15) is 18.2 Å². The molecule has 2 saturated heterocycles. The van der Waals surface area contributed by atoms with Gasteiger partial charge in [-0.3, -0.25) is 14.5 Å². The minimum absolute atomic E-state index is 0.0714. The summed E-state index contributed by atoms with van der Waals surface area (Å²) in [6, 6.07) is -0.984. The standard InChI is InChI=1S/C11H13NO5/c13-9-6-3-4-7(17-6)10(14)12(9)8(11(15)16)5-1-2-5/h5-8H,1-4H2,(H,15,16). The van der Waals surface area contributed by atoms with Crippen LogP contribution >= 0.6 is 0 Å². The first kappa shape index (κ1) is 10.7. The maximum Gasteiger partial charge on any atom is 0.327 e. The Balaban J connectivity index is 1.92. The van der Waals surface area contributed by atoms with Crippen LogP contribution in [0.1, 0.15) is 25.7 Å². The van der Waals surface area contributed by atoms with Crippen LogP contribution < -0.4 is 0 Å². The summed E-state index contributed by atoms with van der Waals surface area (Å²) in [6.07, 6.45) is 1.34. The number of amides is 2. The first-order valence-electron chi connectivity index (χ1n) is 5.85. The molecule has 2 amide bonds. The van der Waals surface area contributed by atoms with E-state index in [0.717, 1.165) is 17.7 Å². The van der Waals surface area contributed by atoms with E-state index in [1.807, 2.05) is 0 Å². The van der Waals surface area contributed by atoms with Gasteiger partial charge in [-0.1, -0.05) is 0 Å². The number of likely N-dealkylation sites (tertiary alicyclic amines) is 1. The number of imide groups is 1. The largest absolute Gasteiger partial charge is 0.480 e. The fraction of sp³-hybridized carbons (Fsp3) is 0.727. The average molecular weight is 239 g/mol. The smallest absolute Gasteiger partial charge is 0.327 e. The lowest BCUT2D eigenvalue weighted by Gasteiger charge is -2.33. The van der Waals surface area contributed by atoms with Crippen LogP contribution in [0.3, 0.4) is 0 Å². The maximum absolute atomic E-state index is 12.0. The molecular weight excluding hydrogens is 226 g/mol. The fourth-order valence-corrected chi connectivity index (χ4v) is 2.63. The lowest BCUT2D eigenvalue weighted by Crippen LogP contribution is -2.58. The van der Waals surface area contributed by atoms with Crippen LogP contribution in [-0.2, 0) is 19.1 Å². The van der Waals surface area contributed by atoms with Crippen molar-refractivity contribution in [1.29, 1.82) is 0 Å². The van der Waals surface area contributed by atoms with Crippen molar-refractivity contribution in [3.05, 3.63) is 0 Å². The molecule has 3 rings (SSSR count). The lowest BCUT2D eigenvalue weighted by atomic mass is 10.1. The van der Waals surface area contributed by atoms with Gasteiger partial charge >= 0.3 is 5.97 Å². The molecule has 0 spiro atoms. The van der Waals surface area contributed by atoms with Crippen molar-refractivity contribution in [1.82, 2.24) is 4.90 Å². The van der Waals surface area contributed by atoms with Gasteiger partial charge < -0.3 is 9.84 Å². The third-order valence-electron chi connectivity index (χ3n) is 3.65. The van der Waals surface area contributed by atoms with Gasteiger partial charge in [-0.25, -0.2) is 4.79 Å². The highest BCUT2D eigenvalue weighted by Crippen LogP contribution is 2.39. The number of carbonyl (C=O) groups excluding carboxylic acids is 2. The summed E-state index contributed by atoms with van der Waals surface area (Å²) in [5.41, 5.74) is 0. The third-order valence-corrected chi connectivity index (χ3v) is 3.65. The van der Waals surface area contributed by atoms with E-state index in [2.05, 4.69) is 0 Å². The number of fused-ring (bicyclic) bond motifs is 2. The van der Waals surface area contributed by atoms with E-state index in [1.54, 1.807) is 0 Å². The summed E-state index contributed by atoms with van der Waals surface area (Å²) in [5.74, 6) is -2.10. The molecule has 1 aliphatic carbocycles. The molecule has 92 valence electrons. The van der Waals surface area contributed by atoms with Crippen molar-refractivity contribution in [3.8, 4) is 0 Å². The number of hydrogen-bond donors (Lipinski definition) is 1. The average Bonchev–Trinajstić information content (AvgIpc) is 2.98.